The molecule has 0 N–H and O–H groups in total. The summed E-state index contributed by atoms with van der Waals surface area (Å²) < 4.78 is 38.1. The first-order valence-corrected chi connectivity index (χ1v) is 6.40. The third-order valence-electron chi connectivity index (χ3n) is 2.50. The summed E-state index contributed by atoms with van der Waals surface area (Å²) in [6, 6.07) is 4.81. The molecule has 1 aliphatic heterocycles. The molecule has 1 saturated heterocycles. The van der Waals surface area contributed by atoms with Crippen LogP contribution in [0.25, 0.3) is 6.08 Å². The van der Waals surface area contributed by atoms with Crippen LogP contribution >= 0.6 is 24.0 Å². The number of carbonyl (C=O) groups excluding carboxylic acids is 1. The van der Waals surface area contributed by atoms with Gasteiger partial charge in [0, 0.05) is 7.05 Å². The SMILES string of the molecule is CN1C(=O)/C(=C\c2cccc(C(F)(F)F)c2)SC1=S. The molecular weight excluding hydrogens is 295 g/mol. The predicted octanol–water partition coefficient (Wildman–Crippen LogP) is 3.54. The molecule has 0 bridgehead atoms. The van der Waals surface area contributed by atoms with E-state index in [0.717, 1.165) is 23.9 Å². The smallest absolute Gasteiger partial charge is 0.296 e. The first kappa shape index (κ1) is 14.1. The minimum atomic E-state index is -4.40. The van der Waals surface area contributed by atoms with E-state index in [1.807, 2.05) is 0 Å². The summed E-state index contributed by atoms with van der Waals surface area (Å²) in [6.45, 7) is 0. The van der Waals surface area contributed by atoms with Gasteiger partial charge in [-0.1, -0.05) is 36.1 Å². The lowest BCUT2D eigenvalue weighted by Crippen LogP contribution is -2.22. The molecule has 0 unspecified atom stereocenters. The molecule has 1 aromatic rings. The van der Waals surface area contributed by atoms with Crippen molar-refractivity contribution in [2.45, 2.75) is 6.18 Å². The maximum atomic E-state index is 12.6. The van der Waals surface area contributed by atoms with Crippen molar-refractivity contribution in [2.24, 2.45) is 0 Å². The van der Waals surface area contributed by atoms with Crippen molar-refractivity contribution in [3.63, 3.8) is 0 Å². The van der Waals surface area contributed by atoms with Crippen molar-refractivity contribution >= 4 is 40.3 Å². The maximum absolute atomic E-state index is 12.6. The Kier molecular flexibility index (Phi) is 3.69. The van der Waals surface area contributed by atoms with Crippen molar-refractivity contribution in [1.29, 1.82) is 0 Å². The Labute approximate surface area is 117 Å². The number of hydrogen-bond acceptors (Lipinski definition) is 3. The van der Waals surface area contributed by atoms with E-state index in [2.05, 4.69) is 0 Å². The van der Waals surface area contributed by atoms with Crippen LogP contribution in [0.2, 0.25) is 0 Å². The predicted molar refractivity (Wildman–Crippen MR) is 72.4 cm³/mol. The monoisotopic (exact) mass is 303 g/mol. The quantitative estimate of drug-likeness (QED) is 0.585. The van der Waals surface area contributed by atoms with Gasteiger partial charge in [-0.25, -0.2) is 0 Å². The Morgan fingerprint density at radius 1 is 1.37 bits per heavy atom. The summed E-state index contributed by atoms with van der Waals surface area (Å²) in [5, 5.41) is 0. The van der Waals surface area contributed by atoms with Gasteiger partial charge in [-0.05, 0) is 23.8 Å². The Morgan fingerprint density at radius 2 is 2.05 bits per heavy atom. The molecule has 1 aliphatic rings. The number of rotatable bonds is 1. The van der Waals surface area contributed by atoms with Crippen LogP contribution in [0.4, 0.5) is 13.2 Å². The van der Waals surface area contributed by atoms with E-state index >= 15 is 0 Å². The average molecular weight is 303 g/mol. The number of amides is 1. The zero-order valence-corrected chi connectivity index (χ0v) is 11.3. The molecule has 2 rings (SSSR count). The number of halogens is 3. The molecule has 0 atom stereocenters. The second-order valence-corrected chi connectivity index (χ2v) is 5.54. The number of carbonyl (C=O) groups is 1. The molecule has 1 aromatic carbocycles. The zero-order chi connectivity index (χ0) is 14.2. The highest BCUT2D eigenvalue weighted by molar-refractivity contribution is 8.26. The second kappa shape index (κ2) is 4.97. The molecule has 19 heavy (non-hydrogen) atoms. The Morgan fingerprint density at radius 3 is 2.58 bits per heavy atom. The number of thioether (sulfide) groups is 1. The van der Waals surface area contributed by atoms with Crippen LogP contribution in [0.5, 0.6) is 0 Å². The highest BCUT2D eigenvalue weighted by atomic mass is 32.2. The fraction of sp³-hybridized carbons (Fsp3) is 0.167. The minimum Gasteiger partial charge on any atom is -0.296 e. The van der Waals surface area contributed by atoms with Gasteiger partial charge in [0.15, 0.2) is 0 Å². The molecule has 1 amide bonds. The topological polar surface area (TPSA) is 20.3 Å². The molecule has 1 fully saturated rings. The molecule has 7 heteroatoms. The van der Waals surface area contributed by atoms with Crippen LogP contribution < -0.4 is 0 Å². The van der Waals surface area contributed by atoms with E-state index in [9.17, 15) is 18.0 Å². The van der Waals surface area contributed by atoms with Gasteiger partial charge in [0.1, 0.15) is 4.32 Å². The highest BCUT2D eigenvalue weighted by Crippen LogP contribution is 2.33. The number of alkyl halides is 3. The van der Waals surface area contributed by atoms with Crippen LogP contribution in [0, 0.1) is 0 Å². The fourth-order valence-corrected chi connectivity index (χ4v) is 2.68. The van der Waals surface area contributed by atoms with Gasteiger partial charge in [0.25, 0.3) is 5.91 Å². The Bertz CT molecular complexity index is 581. The maximum Gasteiger partial charge on any atom is 0.416 e. The summed E-state index contributed by atoms with van der Waals surface area (Å²) in [5.74, 6) is -0.299. The Balaban J connectivity index is 2.34. The molecule has 0 aliphatic carbocycles. The highest BCUT2D eigenvalue weighted by Gasteiger charge is 2.31. The van der Waals surface area contributed by atoms with Gasteiger partial charge in [-0.15, -0.1) is 0 Å². The number of likely N-dealkylation sites (N-methyl/N-ethyl adjacent to an activating group) is 1. The molecule has 2 nitrogen and oxygen atoms in total. The number of nitrogens with zero attached hydrogens (tertiary/aromatic N) is 1. The molecule has 0 spiro atoms. The molecular formula is C12H8F3NOS2. The lowest BCUT2D eigenvalue weighted by Gasteiger charge is -2.07. The number of thiocarbonyl (C=S) groups is 1. The molecule has 0 aromatic heterocycles. The van der Waals surface area contributed by atoms with E-state index in [-0.39, 0.29) is 5.91 Å². The molecule has 1 heterocycles. The van der Waals surface area contributed by atoms with E-state index in [4.69, 9.17) is 12.2 Å². The lowest BCUT2D eigenvalue weighted by molar-refractivity contribution is -0.137. The largest absolute Gasteiger partial charge is 0.416 e. The third-order valence-corrected chi connectivity index (χ3v) is 3.98. The second-order valence-electron chi connectivity index (χ2n) is 3.86. The molecule has 100 valence electrons. The van der Waals surface area contributed by atoms with E-state index in [1.165, 1.54) is 30.2 Å². The van der Waals surface area contributed by atoms with E-state index in [0.29, 0.717) is 14.8 Å². The zero-order valence-electron chi connectivity index (χ0n) is 9.69. The van der Waals surface area contributed by atoms with E-state index in [1.54, 1.807) is 0 Å². The van der Waals surface area contributed by atoms with Gasteiger partial charge < -0.3 is 0 Å². The van der Waals surface area contributed by atoms with Crippen molar-refractivity contribution < 1.29 is 18.0 Å². The third kappa shape index (κ3) is 2.98. The van der Waals surface area contributed by atoms with Gasteiger partial charge in [0.2, 0.25) is 0 Å². The van der Waals surface area contributed by atoms with Crippen molar-refractivity contribution in [3.05, 3.63) is 40.3 Å². The van der Waals surface area contributed by atoms with Crippen molar-refractivity contribution in [2.75, 3.05) is 7.05 Å². The van der Waals surface area contributed by atoms with Crippen LogP contribution in [0.3, 0.4) is 0 Å². The van der Waals surface area contributed by atoms with Gasteiger partial charge >= 0.3 is 6.18 Å². The first-order valence-electron chi connectivity index (χ1n) is 5.18. The van der Waals surface area contributed by atoms with Gasteiger partial charge in [0.05, 0.1) is 10.5 Å². The summed E-state index contributed by atoms with van der Waals surface area (Å²) in [5.41, 5.74) is -0.419. The van der Waals surface area contributed by atoms with Gasteiger partial charge in [-0.2, -0.15) is 13.2 Å². The summed E-state index contributed by atoms with van der Waals surface area (Å²) >= 11 is 6.02. The number of benzene rings is 1. The summed E-state index contributed by atoms with van der Waals surface area (Å²) in [6.07, 6.45) is -2.98. The van der Waals surface area contributed by atoms with Crippen molar-refractivity contribution in [3.8, 4) is 0 Å². The summed E-state index contributed by atoms with van der Waals surface area (Å²) in [7, 11) is 1.53. The summed E-state index contributed by atoms with van der Waals surface area (Å²) in [4.78, 5) is 13.3. The van der Waals surface area contributed by atoms with E-state index < -0.39 is 11.7 Å². The Hall–Kier alpha value is -1.34. The van der Waals surface area contributed by atoms with Crippen molar-refractivity contribution in [1.82, 2.24) is 4.90 Å². The standard InChI is InChI=1S/C12H8F3NOS2/c1-16-10(17)9(19-11(16)18)6-7-3-2-4-8(5-7)12(13,14)15/h2-6H,1H3/b9-6+. The van der Waals surface area contributed by atoms with Crippen LogP contribution in [0.1, 0.15) is 11.1 Å². The first-order chi connectivity index (χ1) is 8.79. The normalized spacial score (nSPS) is 18.5. The van der Waals surface area contributed by atoms with Crippen LogP contribution in [-0.2, 0) is 11.0 Å². The minimum absolute atomic E-state index is 0.299. The fourth-order valence-electron chi connectivity index (χ4n) is 1.50. The average Bonchev–Trinajstić information content (AvgIpc) is 2.56. The van der Waals surface area contributed by atoms with Gasteiger partial charge in [-0.3, -0.25) is 9.69 Å². The number of hydrogen-bond donors (Lipinski definition) is 0. The van der Waals surface area contributed by atoms with Crippen LogP contribution in [0.15, 0.2) is 29.2 Å². The van der Waals surface area contributed by atoms with Crippen LogP contribution in [-0.4, -0.2) is 22.2 Å². The molecule has 0 saturated carbocycles. The molecule has 0 radical (unpaired) electrons. The lowest BCUT2D eigenvalue weighted by atomic mass is 10.1.